The predicted molar refractivity (Wildman–Crippen MR) is 69.2 cm³/mol. The molecule has 0 aromatic carbocycles. The number of carbonyl (C=O) groups excluding carboxylic acids is 1. The lowest BCUT2D eigenvalue weighted by molar-refractivity contribution is 0.227. The Labute approximate surface area is 103 Å². The van der Waals surface area contributed by atoms with Crippen molar-refractivity contribution in [2.45, 2.75) is 57.4 Å². The van der Waals surface area contributed by atoms with Crippen molar-refractivity contribution in [1.82, 2.24) is 10.6 Å². The highest BCUT2D eigenvalue weighted by molar-refractivity contribution is 5.91. The molecule has 0 unspecified atom stereocenters. The van der Waals surface area contributed by atoms with Crippen molar-refractivity contribution >= 4 is 11.9 Å². The zero-order valence-electron chi connectivity index (χ0n) is 10.6. The van der Waals surface area contributed by atoms with Gasteiger partial charge in [-0.1, -0.05) is 32.1 Å². The van der Waals surface area contributed by atoms with Crippen LogP contribution in [0.15, 0.2) is 0 Å². The van der Waals surface area contributed by atoms with Crippen molar-refractivity contribution in [2.75, 3.05) is 6.54 Å². The van der Waals surface area contributed by atoms with Crippen molar-refractivity contribution in [3.63, 3.8) is 0 Å². The number of amides is 2. The van der Waals surface area contributed by atoms with Gasteiger partial charge in [0.2, 0.25) is 0 Å². The minimum Gasteiger partial charge on any atom is -0.386 e. The van der Waals surface area contributed by atoms with Gasteiger partial charge in [0.25, 0.3) is 0 Å². The van der Waals surface area contributed by atoms with E-state index in [9.17, 15) is 4.79 Å². The van der Waals surface area contributed by atoms with Crippen LogP contribution in [0, 0.1) is 5.41 Å². The Morgan fingerprint density at radius 1 is 1.24 bits per heavy atom. The average Bonchev–Trinajstić information content (AvgIpc) is 2.22. The van der Waals surface area contributed by atoms with E-state index in [0.29, 0.717) is 6.54 Å². The molecule has 0 saturated heterocycles. The van der Waals surface area contributed by atoms with Gasteiger partial charge in [-0.3, -0.25) is 5.41 Å². The quantitative estimate of drug-likeness (QED) is 0.447. The first kappa shape index (κ1) is 13.8. The third-order valence-corrected chi connectivity index (χ3v) is 3.41. The Morgan fingerprint density at radius 2 is 1.76 bits per heavy atom. The molecular formula is C12H24N4O. The normalized spacial score (nSPS) is 19.8. The van der Waals surface area contributed by atoms with E-state index in [1.807, 2.05) is 6.92 Å². The van der Waals surface area contributed by atoms with Crippen molar-refractivity contribution < 1.29 is 4.79 Å². The van der Waals surface area contributed by atoms with Crippen molar-refractivity contribution in [3.8, 4) is 0 Å². The molecule has 17 heavy (non-hydrogen) atoms. The molecule has 0 heterocycles. The first-order valence-electron chi connectivity index (χ1n) is 6.51. The fraction of sp³-hybridized carbons (Fsp3) is 0.833. The van der Waals surface area contributed by atoms with Gasteiger partial charge in [0.05, 0.1) is 5.54 Å². The second-order valence-electron chi connectivity index (χ2n) is 4.75. The second-order valence-corrected chi connectivity index (χ2v) is 4.75. The van der Waals surface area contributed by atoms with Gasteiger partial charge in [-0.15, -0.1) is 0 Å². The average molecular weight is 240 g/mol. The van der Waals surface area contributed by atoms with Crippen LogP contribution in [0.3, 0.4) is 0 Å². The summed E-state index contributed by atoms with van der Waals surface area (Å²) in [6.45, 7) is 2.46. The molecule has 5 N–H and O–H groups in total. The molecule has 5 nitrogen and oxygen atoms in total. The van der Waals surface area contributed by atoms with E-state index in [0.717, 1.165) is 38.5 Å². The lowest BCUT2D eigenvalue weighted by Gasteiger charge is -2.35. The van der Waals surface area contributed by atoms with Gasteiger partial charge >= 0.3 is 6.03 Å². The molecule has 1 aliphatic rings. The van der Waals surface area contributed by atoms with Gasteiger partial charge < -0.3 is 16.4 Å². The Balaban J connectivity index is 2.71. The number of rotatable bonds is 3. The van der Waals surface area contributed by atoms with E-state index in [1.165, 1.54) is 6.42 Å². The number of carbonyl (C=O) groups is 1. The molecule has 0 atom stereocenters. The molecule has 2 amide bonds. The van der Waals surface area contributed by atoms with Gasteiger partial charge in [-0.25, -0.2) is 4.79 Å². The van der Waals surface area contributed by atoms with Crippen LogP contribution in [0.5, 0.6) is 0 Å². The fourth-order valence-corrected chi connectivity index (χ4v) is 2.39. The van der Waals surface area contributed by atoms with E-state index in [1.54, 1.807) is 0 Å². The molecule has 0 radical (unpaired) electrons. The topological polar surface area (TPSA) is 91.0 Å². The first-order chi connectivity index (χ1) is 8.10. The number of amidine groups is 1. The minimum absolute atomic E-state index is 0.0886. The van der Waals surface area contributed by atoms with Gasteiger partial charge in [0.15, 0.2) is 0 Å². The maximum absolute atomic E-state index is 11.6. The largest absolute Gasteiger partial charge is 0.386 e. The predicted octanol–water partition coefficient (Wildman–Crippen LogP) is 1.72. The summed E-state index contributed by atoms with van der Waals surface area (Å²) < 4.78 is 0. The minimum atomic E-state index is -0.625. The molecule has 0 bridgehead atoms. The van der Waals surface area contributed by atoms with Crippen molar-refractivity contribution in [2.24, 2.45) is 5.73 Å². The summed E-state index contributed by atoms with van der Waals surface area (Å²) >= 11 is 0. The smallest absolute Gasteiger partial charge is 0.315 e. The summed E-state index contributed by atoms with van der Waals surface area (Å²) in [5, 5.41) is 13.4. The van der Waals surface area contributed by atoms with Gasteiger partial charge in [0.1, 0.15) is 5.84 Å². The molecule has 1 fully saturated rings. The molecule has 98 valence electrons. The molecule has 0 aromatic rings. The van der Waals surface area contributed by atoms with Crippen LogP contribution in [0.1, 0.15) is 51.9 Å². The van der Waals surface area contributed by atoms with Crippen molar-refractivity contribution in [1.29, 1.82) is 5.41 Å². The van der Waals surface area contributed by atoms with Crippen LogP contribution < -0.4 is 16.4 Å². The standard InChI is InChI=1S/C12H24N4O/c1-2-15-11(17)16-12(10(13)14)8-6-4-3-5-7-9-12/h2-9H2,1H3,(H3,13,14)(H2,15,16,17). The number of hydrogen-bond acceptors (Lipinski definition) is 2. The Hall–Kier alpha value is -1.26. The van der Waals surface area contributed by atoms with Gasteiger partial charge in [-0.05, 0) is 19.8 Å². The van der Waals surface area contributed by atoms with Gasteiger partial charge in [-0.2, -0.15) is 0 Å². The maximum atomic E-state index is 11.6. The molecule has 5 heteroatoms. The molecule has 0 spiro atoms. The van der Waals surface area contributed by atoms with Crippen LogP contribution >= 0.6 is 0 Å². The molecule has 1 rings (SSSR count). The number of nitrogens with one attached hydrogen (secondary N) is 3. The molecule has 1 saturated carbocycles. The van der Waals surface area contributed by atoms with Crippen LogP contribution in [0.2, 0.25) is 0 Å². The SMILES string of the molecule is CCNC(=O)NC1(C(=N)N)CCCCCCC1. The highest BCUT2D eigenvalue weighted by Crippen LogP contribution is 2.26. The number of urea groups is 1. The summed E-state index contributed by atoms with van der Waals surface area (Å²) in [5.41, 5.74) is 5.08. The van der Waals surface area contributed by atoms with Crippen LogP contribution in [0.4, 0.5) is 4.79 Å². The van der Waals surface area contributed by atoms with Gasteiger partial charge in [0, 0.05) is 6.54 Å². The first-order valence-corrected chi connectivity index (χ1v) is 6.51. The number of hydrogen-bond donors (Lipinski definition) is 4. The Morgan fingerprint density at radius 3 is 2.24 bits per heavy atom. The highest BCUT2D eigenvalue weighted by atomic mass is 16.2. The summed E-state index contributed by atoms with van der Waals surface area (Å²) in [6.07, 6.45) is 7.16. The van der Waals surface area contributed by atoms with Crippen molar-refractivity contribution in [3.05, 3.63) is 0 Å². The van der Waals surface area contributed by atoms with Crippen LogP contribution in [0.25, 0.3) is 0 Å². The monoisotopic (exact) mass is 240 g/mol. The number of nitrogens with two attached hydrogens (primary N) is 1. The Bertz CT molecular complexity index is 270. The molecule has 0 aromatic heterocycles. The third-order valence-electron chi connectivity index (χ3n) is 3.41. The lowest BCUT2D eigenvalue weighted by atomic mass is 9.83. The zero-order valence-corrected chi connectivity index (χ0v) is 10.6. The van der Waals surface area contributed by atoms with E-state index in [-0.39, 0.29) is 11.9 Å². The third kappa shape index (κ3) is 3.91. The van der Waals surface area contributed by atoms with E-state index < -0.39 is 5.54 Å². The lowest BCUT2D eigenvalue weighted by Crippen LogP contribution is -2.59. The van der Waals surface area contributed by atoms with Crippen LogP contribution in [-0.2, 0) is 0 Å². The Kier molecular flexibility index (Phi) is 5.25. The summed E-state index contributed by atoms with van der Waals surface area (Å²) in [5.74, 6) is 0.0886. The fourth-order valence-electron chi connectivity index (χ4n) is 2.39. The zero-order chi connectivity index (χ0) is 12.7. The molecule has 0 aliphatic heterocycles. The highest BCUT2D eigenvalue weighted by Gasteiger charge is 2.35. The maximum Gasteiger partial charge on any atom is 0.315 e. The summed E-state index contributed by atoms with van der Waals surface area (Å²) in [7, 11) is 0. The summed E-state index contributed by atoms with van der Waals surface area (Å²) in [6, 6.07) is -0.219. The van der Waals surface area contributed by atoms with E-state index in [4.69, 9.17) is 11.1 Å². The summed E-state index contributed by atoms with van der Waals surface area (Å²) in [4.78, 5) is 11.6. The second kappa shape index (κ2) is 6.47. The molecule has 1 aliphatic carbocycles. The van der Waals surface area contributed by atoms with E-state index in [2.05, 4.69) is 10.6 Å². The van der Waals surface area contributed by atoms with E-state index >= 15 is 0 Å². The molecular weight excluding hydrogens is 216 g/mol. The van der Waals surface area contributed by atoms with Crippen LogP contribution in [-0.4, -0.2) is 24.0 Å².